The topological polar surface area (TPSA) is 119 Å². The Morgan fingerprint density at radius 2 is 1.97 bits per heavy atom. The molecule has 1 fully saturated rings. The van der Waals surface area contributed by atoms with Crippen molar-refractivity contribution in [2.75, 3.05) is 0 Å². The minimum absolute atomic E-state index is 0.00836. The lowest BCUT2D eigenvalue weighted by atomic mass is 10.1. The lowest BCUT2D eigenvalue weighted by Gasteiger charge is -2.26. The number of sulfonamides is 1. The molecule has 0 aliphatic heterocycles. The Labute approximate surface area is 197 Å². The van der Waals surface area contributed by atoms with Gasteiger partial charge in [0.05, 0.1) is 16.4 Å². The SMILES string of the molecule is Cc1ccc(S(=O)(=O)N/N=C/[C@H]2C[C@@H](n3ccc4c(Cl)ncnc43)C[C@@H]2OC(C)(C)O)cc1. The van der Waals surface area contributed by atoms with E-state index in [2.05, 4.69) is 19.9 Å². The van der Waals surface area contributed by atoms with Gasteiger partial charge in [0.2, 0.25) is 0 Å². The van der Waals surface area contributed by atoms with E-state index in [0.717, 1.165) is 10.9 Å². The van der Waals surface area contributed by atoms with Crippen molar-refractivity contribution in [2.45, 2.75) is 56.4 Å². The molecule has 9 nitrogen and oxygen atoms in total. The van der Waals surface area contributed by atoms with Gasteiger partial charge >= 0.3 is 0 Å². The second kappa shape index (κ2) is 9.02. The van der Waals surface area contributed by atoms with Gasteiger partial charge in [0.1, 0.15) is 17.1 Å². The van der Waals surface area contributed by atoms with Gasteiger partial charge in [-0.1, -0.05) is 29.3 Å². The molecule has 1 aliphatic carbocycles. The molecule has 3 atom stereocenters. The van der Waals surface area contributed by atoms with E-state index in [1.54, 1.807) is 26.0 Å². The van der Waals surface area contributed by atoms with E-state index < -0.39 is 15.8 Å². The minimum Gasteiger partial charge on any atom is -0.366 e. The predicted molar refractivity (Wildman–Crippen MR) is 125 cm³/mol. The van der Waals surface area contributed by atoms with Crippen LogP contribution < -0.4 is 4.83 Å². The number of benzene rings is 1. The van der Waals surface area contributed by atoms with Crippen LogP contribution in [0.4, 0.5) is 0 Å². The van der Waals surface area contributed by atoms with E-state index >= 15 is 0 Å². The maximum atomic E-state index is 12.5. The molecule has 0 radical (unpaired) electrons. The zero-order valence-corrected chi connectivity index (χ0v) is 20.1. The normalized spacial score (nSPS) is 21.8. The number of aryl methyl sites for hydroxylation is 1. The number of halogens is 1. The van der Waals surface area contributed by atoms with Crippen molar-refractivity contribution in [1.29, 1.82) is 0 Å². The summed E-state index contributed by atoms with van der Waals surface area (Å²) in [6.07, 6.45) is 5.67. The van der Waals surface area contributed by atoms with Crippen LogP contribution in [0.2, 0.25) is 5.15 Å². The molecule has 33 heavy (non-hydrogen) atoms. The Morgan fingerprint density at radius 1 is 1.24 bits per heavy atom. The number of ether oxygens (including phenoxy) is 1. The first-order valence-electron chi connectivity index (χ1n) is 10.5. The highest BCUT2D eigenvalue weighted by atomic mass is 35.5. The Bertz CT molecular complexity index is 1270. The zero-order chi connectivity index (χ0) is 23.8. The number of hydrogen-bond acceptors (Lipinski definition) is 7. The van der Waals surface area contributed by atoms with Crippen LogP contribution in [0.5, 0.6) is 0 Å². The molecule has 2 aromatic heterocycles. The Balaban J connectivity index is 1.54. The summed E-state index contributed by atoms with van der Waals surface area (Å²) in [6, 6.07) is 8.37. The molecule has 4 rings (SSSR count). The number of fused-ring (bicyclic) bond motifs is 1. The molecule has 176 valence electrons. The van der Waals surface area contributed by atoms with E-state index in [0.29, 0.717) is 23.6 Å². The first-order chi connectivity index (χ1) is 15.5. The lowest BCUT2D eigenvalue weighted by Crippen LogP contribution is -2.33. The summed E-state index contributed by atoms with van der Waals surface area (Å²) in [5, 5.41) is 15.4. The quantitative estimate of drug-likeness (QED) is 0.226. The van der Waals surface area contributed by atoms with Gasteiger partial charge in [0.25, 0.3) is 10.0 Å². The van der Waals surface area contributed by atoms with Crippen LogP contribution in [0.25, 0.3) is 11.0 Å². The van der Waals surface area contributed by atoms with Gasteiger partial charge in [0, 0.05) is 24.4 Å². The van der Waals surface area contributed by atoms with Crippen LogP contribution in [0.3, 0.4) is 0 Å². The third kappa shape index (κ3) is 5.35. The molecule has 0 amide bonds. The van der Waals surface area contributed by atoms with Gasteiger partial charge in [-0.15, -0.1) is 0 Å². The highest BCUT2D eigenvalue weighted by molar-refractivity contribution is 7.89. The van der Waals surface area contributed by atoms with Crippen LogP contribution in [-0.4, -0.2) is 46.2 Å². The lowest BCUT2D eigenvalue weighted by molar-refractivity contribution is -0.208. The Kier molecular flexibility index (Phi) is 6.45. The summed E-state index contributed by atoms with van der Waals surface area (Å²) in [6.45, 7) is 5.01. The second-order valence-corrected chi connectivity index (χ2v) is 10.7. The minimum atomic E-state index is -3.79. The van der Waals surface area contributed by atoms with Gasteiger partial charge in [0.15, 0.2) is 5.79 Å². The number of hydrogen-bond donors (Lipinski definition) is 2. The summed E-state index contributed by atoms with van der Waals surface area (Å²) >= 11 is 6.18. The fraction of sp³-hybridized carbons (Fsp3) is 0.409. The molecule has 0 saturated heterocycles. The van der Waals surface area contributed by atoms with Gasteiger partial charge < -0.3 is 14.4 Å². The molecule has 11 heteroatoms. The molecule has 1 aromatic carbocycles. The summed E-state index contributed by atoms with van der Waals surface area (Å²) in [4.78, 5) is 10.8. The zero-order valence-electron chi connectivity index (χ0n) is 18.5. The van der Waals surface area contributed by atoms with E-state index in [9.17, 15) is 13.5 Å². The van der Waals surface area contributed by atoms with Crippen LogP contribution in [0, 0.1) is 12.8 Å². The number of aromatic nitrogens is 3. The number of hydrazone groups is 1. The van der Waals surface area contributed by atoms with Crippen LogP contribution in [0.15, 0.2) is 52.9 Å². The van der Waals surface area contributed by atoms with Crippen LogP contribution in [0.1, 0.15) is 38.3 Å². The van der Waals surface area contributed by atoms with E-state index in [4.69, 9.17) is 16.3 Å². The highest BCUT2D eigenvalue weighted by Crippen LogP contribution is 2.39. The summed E-state index contributed by atoms with van der Waals surface area (Å²) < 4.78 is 32.9. The Hall–Kier alpha value is -2.53. The number of rotatable bonds is 7. The number of nitrogens with one attached hydrogen (secondary N) is 1. The molecule has 3 aromatic rings. The fourth-order valence-corrected chi connectivity index (χ4v) is 5.09. The van der Waals surface area contributed by atoms with Crippen LogP contribution in [-0.2, 0) is 14.8 Å². The van der Waals surface area contributed by atoms with Crippen molar-refractivity contribution in [2.24, 2.45) is 11.0 Å². The van der Waals surface area contributed by atoms with E-state index in [1.807, 2.05) is 23.8 Å². The average Bonchev–Trinajstić information content (AvgIpc) is 3.32. The van der Waals surface area contributed by atoms with Gasteiger partial charge in [-0.2, -0.15) is 13.5 Å². The number of nitrogens with zero attached hydrogens (tertiary/aromatic N) is 4. The monoisotopic (exact) mass is 491 g/mol. The molecule has 2 N–H and O–H groups in total. The fourth-order valence-electron chi connectivity index (χ4n) is 4.10. The molecule has 2 heterocycles. The van der Waals surface area contributed by atoms with Crippen molar-refractivity contribution in [1.82, 2.24) is 19.4 Å². The largest absolute Gasteiger partial charge is 0.366 e. The first kappa shape index (κ1) is 23.6. The summed E-state index contributed by atoms with van der Waals surface area (Å²) in [7, 11) is -3.79. The van der Waals surface area contributed by atoms with Crippen LogP contribution >= 0.6 is 11.6 Å². The third-order valence-corrected chi connectivity index (χ3v) is 7.13. The summed E-state index contributed by atoms with van der Waals surface area (Å²) in [5.74, 6) is -1.59. The smallest absolute Gasteiger partial charge is 0.276 e. The van der Waals surface area contributed by atoms with Crippen molar-refractivity contribution in [3.63, 3.8) is 0 Å². The third-order valence-electron chi connectivity index (χ3n) is 5.59. The average molecular weight is 492 g/mol. The van der Waals surface area contributed by atoms with Gasteiger partial charge in [-0.3, -0.25) is 0 Å². The summed E-state index contributed by atoms with van der Waals surface area (Å²) in [5.41, 5.74) is 1.67. The number of aliphatic hydroxyl groups is 1. The maximum Gasteiger partial charge on any atom is 0.276 e. The molecule has 0 spiro atoms. The van der Waals surface area contributed by atoms with Crippen molar-refractivity contribution >= 4 is 38.9 Å². The molecule has 0 unspecified atom stereocenters. The Morgan fingerprint density at radius 3 is 2.67 bits per heavy atom. The molecule has 1 saturated carbocycles. The molecule has 1 aliphatic rings. The highest BCUT2D eigenvalue weighted by Gasteiger charge is 2.38. The molecular weight excluding hydrogens is 466 g/mol. The predicted octanol–water partition coefficient (Wildman–Crippen LogP) is 3.42. The second-order valence-electron chi connectivity index (χ2n) is 8.70. The first-order valence-corrected chi connectivity index (χ1v) is 12.4. The molecule has 0 bridgehead atoms. The van der Waals surface area contributed by atoms with Crippen molar-refractivity contribution in [3.05, 3.63) is 53.6 Å². The van der Waals surface area contributed by atoms with Crippen molar-refractivity contribution in [3.8, 4) is 0 Å². The van der Waals surface area contributed by atoms with E-state index in [1.165, 1.54) is 24.7 Å². The van der Waals surface area contributed by atoms with Gasteiger partial charge in [-0.05, 0) is 51.8 Å². The van der Waals surface area contributed by atoms with Crippen molar-refractivity contribution < 1.29 is 18.3 Å². The molecular formula is C22H26ClN5O4S. The maximum absolute atomic E-state index is 12.5. The standard InChI is InChI=1S/C22H26ClN5O4S/c1-14-4-6-17(7-5-14)33(30,31)27-26-12-15-10-16(11-19(15)32-22(2,3)29)28-9-8-18-20(23)24-13-25-21(18)28/h4-9,12-13,15-16,19,27,29H,10-11H2,1-3H3/b26-12+/t15-,16-,19+/m1/s1. The van der Waals surface area contributed by atoms with E-state index in [-0.39, 0.29) is 23.0 Å². The van der Waals surface area contributed by atoms with Gasteiger partial charge in [-0.25, -0.2) is 14.8 Å².